The van der Waals surface area contributed by atoms with Gasteiger partial charge in [-0.15, -0.1) is 12.4 Å². The molecule has 0 aliphatic carbocycles. The van der Waals surface area contributed by atoms with Crippen molar-refractivity contribution in [2.75, 3.05) is 31.1 Å². The fourth-order valence-electron chi connectivity index (χ4n) is 2.94. The van der Waals surface area contributed by atoms with E-state index in [-0.39, 0.29) is 18.3 Å². The third kappa shape index (κ3) is 5.03. The van der Waals surface area contributed by atoms with Gasteiger partial charge in [-0.1, -0.05) is 60.5 Å². The Kier molecular flexibility index (Phi) is 8.25. The fourth-order valence-corrected chi connectivity index (χ4v) is 4.23. The number of rotatable bonds is 7. The summed E-state index contributed by atoms with van der Waals surface area (Å²) >= 11 is 7.80. The van der Waals surface area contributed by atoms with Crippen molar-refractivity contribution in [2.24, 2.45) is 0 Å². The van der Waals surface area contributed by atoms with Crippen LogP contribution in [-0.2, 0) is 0 Å². The second-order valence-corrected chi connectivity index (χ2v) is 7.85. The molecule has 7 heteroatoms. The summed E-state index contributed by atoms with van der Waals surface area (Å²) in [5.41, 5.74) is 2.56. The van der Waals surface area contributed by atoms with Gasteiger partial charge in [0, 0.05) is 18.7 Å². The average molecular weight is 438 g/mol. The summed E-state index contributed by atoms with van der Waals surface area (Å²) in [6.45, 7) is 9.58. The molecule has 0 saturated carbocycles. The third-order valence-electron chi connectivity index (χ3n) is 4.67. The molecule has 0 spiro atoms. The van der Waals surface area contributed by atoms with Gasteiger partial charge in [0.15, 0.2) is 5.13 Å². The van der Waals surface area contributed by atoms with E-state index < -0.39 is 0 Å². The number of nitrogens with zero attached hydrogens (tertiary/aromatic N) is 3. The van der Waals surface area contributed by atoms with Crippen LogP contribution in [0.2, 0.25) is 5.02 Å². The van der Waals surface area contributed by atoms with E-state index in [4.69, 9.17) is 11.6 Å². The van der Waals surface area contributed by atoms with Crippen LogP contribution >= 0.6 is 35.3 Å². The maximum Gasteiger partial charge on any atom is 0.260 e. The lowest BCUT2D eigenvalue weighted by Gasteiger charge is -2.24. The second kappa shape index (κ2) is 10.2. The van der Waals surface area contributed by atoms with Gasteiger partial charge in [0.1, 0.15) is 5.52 Å². The van der Waals surface area contributed by atoms with Crippen molar-refractivity contribution < 1.29 is 4.79 Å². The molecule has 3 aromatic rings. The molecular weight excluding hydrogens is 413 g/mol. The highest BCUT2D eigenvalue weighted by Crippen LogP contribution is 2.33. The standard InChI is InChI=1S/C21H24ClN3OS.ClH/c1-4-24(5-2)13-14-25(20(26)16-11-9-15(3)10-12-16)21-23-19-17(22)7-6-8-18(19)27-21;/h6-12H,4-5,13-14H2,1-3H3;1H. The van der Waals surface area contributed by atoms with Gasteiger partial charge >= 0.3 is 0 Å². The molecular formula is C21H25Cl2N3OS. The summed E-state index contributed by atoms with van der Waals surface area (Å²) < 4.78 is 0.988. The lowest BCUT2D eigenvalue weighted by atomic mass is 10.1. The molecule has 2 aromatic carbocycles. The van der Waals surface area contributed by atoms with Gasteiger partial charge in [0.2, 0.25) is 0 Å². The highest BCUT2D eigenvalue weighted by atomic mass is 35.5. The number of anilines is 1. The van der Waals surface area contributed by atoms with Crippen LogP contribution in [-0.4, -0.2) is 42.0 Å². The number of benzene rings is 2. The SMILES string of the molecule is CCN(CC)CCN(C(=O)c1ccc(C)cc1)c1nc2c(Cl)cccc2s1.Cl. The van der Waals surface area contributed by atoms with E-state index in [9.17, 15) is 4.79 Å². The predicted molar refractivity (Wildman–Crippen MR) is 123 cm³/mol. The van der Waals surface area contributed by atoms with Crippen LogP contribution in [0, 0.1) is 6.92 Å². The quantitative estimate of drug-likeness (QED) is 0.477. The molecule has 0 N–H and O–H groups in total. The van der Waals surface area contributed by atoms with E-state index >= 15 is 0 Å². The van der Waals surface area contributed by atoms with E-state index in [0.29, 0.717) is 22.3 Å². The topological polar surface area (TPSA) is 36.4 Å². The van der Waals surface area contributed by atoms with Gasteiger partial charge < -0.3 is 4.90 Å². The summed E-state index contributed by atoms with van der Waals surface area (Å²) in [5.74, 6) is -0.0302. The average Bonchev–Trinajstić information content (AvgIpc) is 3.11. The minimum atomic E-state index is -0.0302. The van der Waals surface area contributed by atoms with Crippen molar-refractivity contribution in [3.63, 3.8) is 0 Å². The van der Waals surface area contributed by atoms with E-state index in [1.165, 1.54) is 11.3 Å². The zero-order valence-electron chi connectivity index (χ0n) is 16.3. The molecule has 3 rings (SSSR count). The number of thiazole rings is 1. The molecule has 0 atom stereocenters. The van der Waals surface area contributed by atoms with Gasteiger partial charge in [-0.3, -0.25) is 9.69 Å². The summed E-state index contributed by atoms with van der Waals surface area (Å²) in [4.78, 5) is 22.0. The van der Waals surface area contributed by atoms with E-state index in [1.807, 2.05) is 49.4 Å². The molecule has 0 fully saturated rings. The summed E-state index contributed by atoms with van der Waals surface area (Å²) in [5, 5.41) is 1.30. The van der Waals surface area contributed by atoms with Crippen LogP contribution in [0.3, 0.4) is 0 Å². The molecule has 1 aromatic heterocycles. The first kappa shape index (κ1) is 22.6. The molecule has 150 valence electrons. The Morgan fingerprint density at radius 3 is 2.36 bits per heavy atom. The first-order valence-corrected chi connectivity index (χ1v) is 10.4. The van der Waals surface area contributed by atoms with Crippen molar-refractivity contribution in [3.8, 4) is 0 Å². The van der Waals surface area contributed by atoms with Gasteiger partial charge in [0.25, 0.3) is 5.91 Å². The second-order valence-electron chi connectivity index (χ2n) is 6.43. The zero-order valence-corrected chi connectivity index (χ0v) is 18.7. The Hall–Kier alpha value is -1.66. The first-order chi connectivity index (χ1) is 13.0. The fraction of sp³-hybridized carbons (Fsp3) is 0.333. The monoisotopic (exact) mass is 437 g/mol. The lowest BCUT2D eigenvalue weighted by molar-refractivity contribution is 0.0984. The molecule has 1 amide bonds. The number of hydrogen-bond acceptors (Lipinski definition) is 4. The number of hydrogen-bond donors (Lipinski definition) is 0. The number of amides is 1. The number of para-hydroxylation sites is 1. The molecule has 0 saturated heterocycles. The summed E-state index contributed by atoms with van der Waals surface area (Å²) in [6, 6.07) is 13.4. The Balaban J connectivity index is 0.00000280. The van der Waals surface area contributed by atoms with Crippen LogP contribution in [0.1, 0.15) is 29.8 Å². The molecule has 0 radical (unpaired) electrons. The lowest BCUT2D eigenvalue weighted by Crippen LogP contribution is -2.38. The summed E-state index contributed by atoms with van der Waals surface area (Å²) in [6.07, 6.45) is 0. The number of aromatic nitrogens is 1. The van der Waals surface area contributed by atoms with E-state index in [0.717, 1.165) is 35.4 Å². The van der Waals surface area contributed by atoms with Crippen LogP contribution in [0.4, 0.5) is 5.13 Å². The van der Waals surface area contributed by atoms with Crippen LogP contribution < -0.4 is 4.90 Å². The Morgan fingerprint density at radius 2 is 1.75 bits per heavy atom. The van der Waals surface area contributed by atoms with Gasteiger partial charge in [-0.2, -0.15) is 0 Å². The molecule has 0 bridgehead atoms. The number of carbonyl (C=O) groups excluding carboxylic acids is 1. The maximum absolute atomic E-state index is 13.2. The zero-order chi connectivity index (χ0) is 19.4. The summed E-state index contributed by atoms with van der Waals surface area (Å²) in [7, 11) is 0. The number of halogens is 2. The highest BCUT2D eigenvalue weighted by molar-refractivity contribution is 7.22. The number of fused-ring (bicyclic) bond motifs is 1. The Morgan fingerprint density at radius 1 is 1.07 bits per heavy atom. The smallest absolute Gasteiger partial charge is 0.260 e. The normalized spacial score (nSPS) is 10.9. The minimum absolute atomic E-state index is 0. The molecule has 0 unspecified atom stereocenters. The maximum atomic E-state index is 13.2. The largest absolute Gasteiger partial charge is 0.302 e. The van der Waals surface area contributed by atoms with Crippen molar-refractivity contribution in [3.05, 3.63) is 58.6 Å². The van der Waals surface area contributed by atoms with Crippen molar-refractivity contribution >= 4 is 56.6 Å². The number of likely N-dealkylation sites (N-methyl/N-ethyl adjacent to an activating group) is 1. The molecule has 28 heavy (non-hydrogen) atoms. The van der Waals surface area contributed by atoms with Gasteiger partial charge in [-0.25, -0.2) is 4.98 Å². The molecule has 4 nitrogen and oxygen atoms in total. The number of carbonyl (C=O) groups is 1. The number of aryl methyl sites for hydroxylation is 1. The van der Waals surface area contributed by atoms with Crippen LogP contribution in [0.15, 0.2) is 42.5 Å². The first-order valence-electron chi connectivity index (χ1n) is 9.19. The molecule has 0 aliphatic rings. The molecule has 0 aliphatic heterocycles. The predicted octanol–water partition coefficient (Wildman–Crippen LogP) is 5.67. The van der Waals surface area contributed by atoms with Crippen molar-refractivity contribution in [1.82, 2.24) is 9.88 Å². The van der Waals surface area contributed by atoms with Gasteiger partial charge in [-0.05, 0) is 44.3 Å². The third-order valence-corrected chi connectivity index (χ3v) is 6.02. The van der Waals surface area contributed by atoms with Crippen LogP contribution in [0.25, 0.3) is 10.2 Å². The van der Waals surface area contributed by atoms with Gasteiger partial charge in [0.05, 0.1) is 9.72 Å². The van der Waals surface area contributed by atoms with E-state index in [1.54, 1.807) is 4.90 Å². The Bertz CT molecular complexity index is 923. The molecule has 1 heterocycles. The van der Waals surface area contributed by atoms with Crippen molar-refractivity contribution in [1.29, 1.82) is 0 Å². The van der Waals surface area contributed by atoms with E-state index in [2.05, 4.69) is 23.7 Å². The van der Waals surface area contributed by atoms with Crippen molar-refractivity contribution in [2.45, 2.75) is 20.8 Å². The van der Waals surface area contributed by atoms with Crippen LogP contribution in [0.5, 0.6) is 0 Å². The minimum Gasteiger partial charge on any atom is -0.302 e. The highest BCUT2D eigenvalue weighted by Gasteiger charge is 2.22. The Labute approximate surface area is 181 Å².